The van der Waals surface area contributed by atoms with E-state index in [1.54, 1.807) is 6.08 Å². The molecule has 0 spiro atoms. The number of allylic oxidation sites excluding steroid dienone is 1. The van der Waals surface area contributed by atoms with Gasteiger partial charge in [-0.05, 0) is 50.2 Å². The molecule has 0 N–H and O–H groups in total. The minimum Gasteiger partial charge on any atom is -0.234 e. The number of unbranched alkanes of at least 4 members (excludes halogenated alkanes) is 3. The second kappa shape index (κ2) is 15.4. The molecule has 0 amide bonds. The number of hydrogen-bond donors (Lipinski definition) is 0. The van der Waals surface area contributed by atoms with E-state index in [0.717, 1.165) is 6.42 Å². The normalized spacial score (nSPS) is 9.69. The van der Waals surface area contributed by atoms with E-state index in [9.17, 15) is 4.79 Å². The van der Waals surface area contributed by atoms with Crippen molar-refractivity contribution in [2.75, 3.05) is 18.5 Å². The third kappa shape index (κ3) is 12.5. The maximum absolute atomic E-state index is 10.0. The molecule has 0 bridgehead atoms. The van der Waals surface area contributed by atoms with Crippen LogP contribution < -0.4 is 0 Å². The molecule has 0 aromatic rings. The second-order valence-electron chi connectivity index (χ2n) is 4.01. The standard InChI is InChI=1S/C13H25OP.Co/c1-3-5-11-15(12-6-4-2)13-9-7-8-10-14;/h8H,3-7,9,11-13H2,1-2H3;. The molecule has 0 unspecified atom stereocenters. The van der Waals surface area contributed by atoms with Crippen molar-refractivity contribution in [1.29, 1.82) is 0 Å². The van der Waals surface area contributed by atoms with E-state index >= 15 is 0 Å². The van der Waals surface area contributed by atoms with Gasteiger partial charge in [0.1, 0.15) is 5.94 Å². The first-order valence-corrected chi connectivity index (χ1v) is 8.16. The van der Waals surface area contributed by atoms with Crippen molar-refractivity contribution in [3.8, 4) is 0 Å². The Morgan fingerprint density at radius 1 is 1.00 bits per heavy atom. The van der Waals surface area contributed by atoms with Crippen LogP contribution in [-0.2, 0) is 21.6 Å². The fourth-order valence-electron chi connectivity index (χ4n) is 1.57. The van der Waals surface area contributed by atoms with E-state index < -0.39 is 0 Å². The predicted octanol–water partition coefficient (Wildman–Crippen LogP) is 4.23. The zero-order valence-corrected chi connectivity index (χ0v) is 12.6. The van der Waals surface area contributed by atoms with Gasteiger partial charge >= 0.3 is 0 Å². The zero-order chi connectivity index (χ0) is 11.4. The summed E-state index contributed by atoms with van der Waals surface area (Å²) in [5.41, 5.74) is 0. The van der Waals surface area contributed by atoms with Crippen LogP contribution in [0.25, 0.3) is 0 Å². The topological polar surface area (TPSA) is 17.1 Å². The molecular weight excluding hydrogens is 262 g/mol. The van der Waals surface area contributed by atoms with Crippen LogP contribution >= 0.6 is 7.92 Å². The second-order valence-corrected chi connectivity index (χ2v) is 6.70. The molecule has 1 radical (unpaired) electrons. The fourth-order valence-corrected chi connectivity index (χ4v) is 4.40. The summed E-state index contributed by atoms with van der Waals surface area (Å²) >= 11 is 0. The number of rotatable bonds is 10. The minimum atomic E-state index is 0. The molecule has 0 heterocycles. The summed E-state index contributed by atoms with van der Waals surface area (Å²) in [7, 11) is 0.261. The molecule has 0 aliphatic heterocycles. The Kier molecular flexibility index (Phi) is 18.0. The predicted molar refractivity (Wildman–Crippen MR) is 70.8 cm³/mol. The summed E-state index contributed by atoms with van der Waals surface area (Å²) < 4.78 is 0. The van der Waals surface area contributed by atoms with E-state index in [4.69, 9.17) is 0 Å². The summed E-state index contributed by atoms with van der Waals surface area (Å²) in [6, 6.07) is 0. The van der Waals surface area contributed by atoms with E-state index in [0.29, 0.717) is 0 Å². The quantitative estimate of drug-likeness (QED) is 0.334. The van der Waals surface area contributed by atoms with Gasteiger partial charge in [-0.1, -0.05) is 26.7 Å². The molecule has 0 aromatic carbocycles. The molecule has 0 saturated heterocycles. The van der Waals surface area contributed by atoms with Gasteiger partial charge in [-0.15, -0.1) is 7.92 Å². The average molecular weight is 287 g/mol. The van der Waals surface area contributed by atoms with E-state index in [1.165, 1.54) is 50.6 Å². The van der Waals surface area contributed by atoms with Crippen LogP contribution in [0.1, 0.15) is 52.4 Å². The van der Waals surface area contributed by atoms with Crippen molar-refractivity contribution in [3.63, 3.8) is 0 Å². The Hall–Kier alpha value is 0.386. The summed E-state index contributed by atoms with van der Waals surface area (Å²) in [5, 5.41) is 0. The van der Waals surface area contributed by atoms with Gasteiger partial charge in [-0.3, -0.25) is 0 Å². The molecule has 0 aliphatic rings. The Labute approximate surface area is 112 Å². The maximum atomic E-state index is 10.0. The number of hydrogen-bond acceptors (Lipinski definition) is 1. The zero-order valence-electron chi connectivity index (χ0n) is 10.6. The van der Waals surface area contributed by atoms with Crippen LogP contribution in [0, 0.1) is 0 Å². The molecule has 0 saturated carbocycles. The largest absolute Gasteiger partial charge is 0.234 e. The molecule has 3 heteroatoms. The molecule has 0 aromatic heterocycles. The fraction of sp³-hybridized carbons (Fsp3) is 0.846. The molecule has 0 atom stereocenters. The van der Waals surface area contributed by atoms with Crippen molar-refractivity contribution >= 4 is 13.9 Å². The summed E-state index contributed by atoms with van der Waals surface area (Å²) in [6.45, 7) is 4.53. The maximum Gasteiger partial charge on any atom is 0.120 e. The Balaban J connectivity index is 0. The molecule has 0 rings (SSSR count). The molecule has 97 valence electrons. The van der Waals surface area contributed by atoms with Crippen LogP contribution in [0.4, 0.5) is 0 Å². The number of carbonyl (C=O) groups excluding carboxylic acids is 1. The average Bonchev–Trinajstić information content (AvgIpc) is 2.27. The van der Waals surface area contributed by atoms with E-state index in [1.807, 2.05) is 5.94 Å². The van der Waals surface area contributed by atoms with E-state index in [-0.39, 0.29) is 24.7 Å². The molecule has 1 nitrogen and oxygen atoms in total. The van der Waals surface area contributed by atoms with Crippen molar-refractivity contribution in [3.05, 3.63) is 6.08 Å². The van der Waals surface area contributed by atoms with Crippen LogP contribution in [0.15, 0.2) is 6.08 Å². The first-order chi connectivity index (χ1) is 7.35. The van der Waals surface area contributed by atoms with Crippen molar-refractivity contribution in [1.82, 2.24) is 0 Å². The van der Waals surface area contributed by atoms with Gasteiger partial charge in [-0.25, -0.2) is 4.79 Å². The van der Waals surface area contributed by atoms with Gasteiger partial charge in [0.15, 0.2) is 0 Å². The SMILES string of the molecule is CCCCP(CCCC)CCCC=C=O.[Co]. The summed E-state index contributed by atoms with van der Waals surface area (Å²) in [5.74, 6) is 1.86. The molecule has 0 aliphatic carbocycles. The van der Waals surface area contributed by atoms with Gasteiger partial charge in [0.25, 0.3) is 0 Å². The Morgan fingerprint density at radius 3 is 1.94 bits per heavy atom. The van der Waals surface area contributed by atoms with Gasteiger partial charge in [0, 0.05) is 16.8 Å². The Morgan fingerprint density at radius 2 is 1.50 bits per heavy atom. The summed E-state index contributed by atoms with van der Waals surface area (Å²) in [4.78, 5) is 10.0. The van der Waals surface area contributed by atoms with Crippen LogP contribution in [0.3, 0.4) is 0 Å². The van der Waals surface area contributed by atoms with Crippen LogP contribution in [0.5, 0.6) is 0 Å². The first-order valence-electron chi connectivity index (χ1n) is 6.26. The van der Waals surface area contributed by atoms with Crippen molar-refractivity contribution < 1.29 is 21.6 Å². The van der Waals surface area contributed by atoms with Gasteiger partial charge < -0.3 is 0 Å². The molecular formula is C13H25CoOP. The minimum absolute atomic E-state index is 0. The third-order valence-corrected chi connectivity index (χ3v) is 5.41. The molecule has 16 heavy (non-hydrogen) atoms. The van der Waals surface area contributed by atoms with Gasteiger partial charge in [0.2, 0.25) is 0 Å². The summed E-state index contributed by atoms with van der Waals surface area (Å²) in [6.07, 6.45) is 13.4. The van der Waals surface area contributed by atoms with E-state index in [2.05, 4.69) is 13.8 Å². The monoisotopic (exact) mass is 287 g/mol. The smallest absolute Gasteiger partial charge is 0.120 e. The van der Waals surface area contributed by atoms with Crippen LogP contribution in [0.2, 0.25) is 0 Å². The van der Waals surface area contributed by atoms with Crippen LogP contribution in [-0.4, -0.2) is 24.4 Å². The first kappa shape index (κ1) is 18.7. The van der Waals surface area contributed by atoms with Gasteiger partial charge in [-0.2, -0.15) is 0 Å². The third-order valence-electron chi connectivity index (χ3n) is 2.56. The van der Waals surface area contributed by atoms with Gasteiger partial charge in [0.05, 0.1) is 0 Å². The Bertz CT molecular complexity index is 171. The molecule has 0 fully saturated rings. The van der Waals surface area contributed by atoms with Crippen molar-refractivity contribution in [2.45, 2.75) is 52.4 Å². The van der Waals surface area contributed by atoms with Crippen molar-refractivity contribution in [2.24, 2.45) is 0 Å².